The SMILES string of the molecule is C=[N+]([O-])c1ccc(NC(=O)NCCc2ccc(O)c(O)c2)c(Cl)c1.CC(=O)Nc1cc(NC(=O)N2CCc3ccc(C)cc3C2)ccc1F.CC(F)(F)c1ccccc1NC(=O)NCCc1ccc(O)c(O)c1.COc1cccc(NC(=O)NCCc2ccc(C)c(O)c2)c1.Cc1ccc(CCNC(=O)Nc2ccc(C)c(Cl)c2)cc1O.O=C(NCCc1ccc(O)c(O)c1)Nc1cccc(N2CCNC2=O)c1. The molecule has 0 spiro atoms. The van der Waals surface area contributed by atoms with Gasteiger partial charge in [0, 0.05) is 130 Å². The van der Waals surface area contributed by atoms with Crippen molar-refractivity contribution in [2.24, 2.45) is 0 Å². The van der Waals surface area contributed by atoms with Crippen molar-refractivity contribution in [2.45, 2.75) is 92.5 Å². The molecule has 0 unspecified atom stereocenters. The van der Waals surface area contributed by atoms with Crippen molar-refractivity contribution < 1.29 is 102 Å². The monoisotopic (exact) mass is 2000 g/mol. The number of benzene rings is 12. The largest absolute Gasteiger partial charge is 0.619 e. The molecule has 39 heteroatoms. The first-order valence-electron chi connectivity index (χ1n) is 44.8. The highest BCUT2D eigenvalue weighted by Crippen LogP contribution is 2.35. The summed E-state index contributed by atoms with van der Waals surface area (Å²) < 4.78 is 46.2. The number of aryl methyl sites for hydroxylation is 4. The van der Waals surface area contributed by atoms with Crippen molar-refractivity contribution in [3.63, 3.8) is 0 Å². The number of ether oxygens (including phenoxy) is 1. The Labute approximate surface area is 833 Å². The number of carbonyl (C=O) groups excluding carboxylic acids is 8. The van der Waals surface area contributed by atoms with Gasteiger partial charge >= 0.3 is 42.2 Å². The number of nitrogens with zero attached hydrogens (tertiary/aromatic N) is 3. The van der Waals surface area contributed by atoms with Gasteiger partial charge in [-0.2, -0.15) is 4.74 Å². The summed E-state index contributed by atoms with van der Waals surface area (Å²) in [4.78, 5) is 98.0. The predicted octanol–water partition coefficient (Wildman–Crippen LogP) is 19.3. The van der Waals surface area contributed by atoms with Crippen molar-refractivity contribution in [3.05, 3.63) is 324 Å². The second-order valence-electron chi connectivity index (χ2n) is 32.7. The first-order chi connectivity index (χ1) is 68.1. The van der Waals surface area contributed by atoms with Gasteiger partial charge in [-0.05, 0) is 243 Å². The van der Waals surface area contributed by atoms with Crippen LogP contribution in [0, 0.1) is 38.7 Å². The fourth-order valence-corrected chi connectivity index (χ4v) is 14.2. The predicted molar refractivity (Wildman–Crippen MR) is 548 cm³/mol. The lowest BCUT2D eigenvalue weighted by Crippen LogP contribution is -2.38. The number of hydrogen-bond donors (Lipinski definition) is 21. The van der Waals surface area contributed by atoms with E-state index in [-0.39, 0.29) is 116 Å². The van der Waals surface area contributed by atoms with E-state index in [0.717, 1.165) is 63.5 Å². The molecule has 0 saturated carbocycles. The molecule has 0 aromatic heterocycles. The van der Waals surface area contributed by atoms with Crippen LogP contribution in [0.1, 0.15) is 80.6 Å². The van der Waals surface area contributed by atoms with Gasteiger partial charge in [0.15, 0.2) is 34.5 Å². The number of fused-ring (bicyclic) bond motifs is 1. The van der Waals surface area contributed by atoms with Gasteiger partial charge in [0.1, 0.15) is 29.8 Å². The van der Waals surface area contributed by atoms with Gasteiger partial charge in [-0.3, -0.25) is 9.69 Å². The molecule has 2 aliphatic rings. The molecule has 0 radical (unpaired) electrons. The summed E-state index contributed by atoms with van der Waals surface area (Å²) in [6.07, 6.45) is 3.50. The molecule has 143 heavy (non-hydrogen) atoms. The third-order valence-electron chi connectivity index (χ3n) is 21.5. The number of hydrogen-bond acceptors (Lipinski definition) is 18. The van der Waals surface area contributed by atoms with Crippen LogP contribution in [-0.4, -0.2) is 165 Å². The van der Waals surface area contributed by atoms with Crippen molar-refractivity contribution in [1.82, 2.24) is 36.8 Å². The van der Waals surface area contributed by atoms with Crippen LogP contribution in [-0.2, 0) is 55.8 Å². The third kappa shape index (κ3) is 36.4. The van der Waals surface area contributed by atoms with E-state index in [1.54, 1.807) is 95.8 Å². The average molecular weight is 2000 g/mol. The topological polar surface area (TPSA) is 497 Å². The number of rotatable bonds is 26. The second kappa shape index (κ2) is 53.8. The highest BCUT2D eigenvalue weighted by Gasteiger charge is 2.29. The van der Waals surface area contributed by atoms with E-state index >= 15 is 0 Å². The molecular formula is C104H113Cl2F3N16O18. The number of methoxy groups -OCH3 is 1. The smallest absolute Gasteiger partial charge is 0.322 e. The molecule has 12 aromatic rings. The van der Waals surface area contributed by atoms with Gasteiger partial charge in [0.25, 0.3) is 5.92 Å². The quantitative estimate of drug-likeness (QED) is 0.00787. The van der Waals surface area contributed by atoms with E-state index in [4.69, 9.17) is 27.9 Å². The first-order valence-corrected chi connectivity index (χ1v) is 45.5. The number of phenolic OH excluding ortho intramolecular Hbond substituents is 8. The molecule has 15 amide bonds. The van der Waals surface area contributed by atoms with E-state index in [2.05, 4.69) is 94.0 Å². The number of nitrogens with one attached hydrogen (secondary N) is 13. The third-order valence-corrected chi connectivity index (χ3v) is 22.2. The molecule has 0 bridgehead atoms. The lowest BCUT2D eigenvalue weighted by Gasteiger charge is -2.29. The van der Waals surface area contributed by atoms with Gasteiger partial charge in [-0.1, -0.05) is 126 Å². The minimum atomic E-state index is -3.06. The first kappa shape index (κ1) is 110. The summed E-state index contributed by atoms with van der Waals surface area (Å²) >= 11 is 12.0. The molecule has 34 nitrogen and oxygen atoms in total. The number of amides is 15. The molecule has 21 N–H and O–H groups in total. The lowest BCUT2D eigenvalue weighted by molar-refractivity contribution is -0.349. The van der Waals surface area contributed by atoms with Gasteiger partial charge in [0.05, 0.1) is 29.2 Å². The standard InChI is InChI=1S/C19H20FN3O2.C18H20N4O4.C17H19ClN2O2.C17H18F2N2O3.C17H20N2O3.C16H16ClN3O4/c1-12-3-4-14-7-8-23(11-15(14)9-12)19(25)22-16-5-6-17(20)18(10-16)21-13(2)24;23-15-5-4-12(10-16(15)24)6-7-19-17(25)21-13-2-1-3-14(11-13)22-9-8-20-18(22)26;1-11-4-6-14(10-15(11)18)20-17(22)19-8-7-13-5-3-12(2)16(21)9-13;1-17(18,19)12-4-2-3-5-13(12)21-16(24)20-9-8-11-6-7-14(22)15(23)10-11;1-12-6-7-13(10-16(12)20)8-9-18-17(21)19-14-4-3-5-15(11-14)22-2;1-20(24)11-3-4-13(12(17)9-11)19-16(23)18-7-6-10-2-5-14(21)15(22)8-10/h3-6,9-10H,7-8,11H2,1-2H3,(H,21,24)(H,22,25);1-5,10-11,23-24H,6-9H2,(H,20,26)(H2,19,21,25);3-6,9-10,21H,7-8H2,1-2H3,(H2,19,20,22);2-7,10,22-23H,8-9H2,1H3,(H2,20,21,24);3-7,10-11,20H,8-9H2,1-2H3,(H2,18,19,21);2-5,8-9,21-22H,1,6-7H2,(H2,18,19,23). The highest BCUT2D eigenvalue weighted by atomic mass is 35.5. The zero-order chi connectivity index (χ0) is 104. The zero-order valence-corrected chi connectivity index (χ0v) is 80.7. The Morgan fingerprint density at radius 2 is 0.902 bits per heavy atom. The summed E-state index contributed by atoms with van der Waals surface area (Å²) in [5, 5.41) is 122. The van der Waals surface area contributed by atoms with E-state index in [1.165, 1.54) is 109 Å². The maximum Gasteiger partial charge on any atom is 0.322 e. The molecule has 12 aromatic carbocycles. The Kier molecular flexibility index (Phi) is 41.3. The summed E-state index contributed by atoms with van der Waals surface area (Å²) in [7, 11) is 1.58. The normalized spacial score (nSPS) is 11.5. The highest BCUT2D eigenvalue weighted by molar-refractivity contribution is 6.34. The Morgan fingerprint density at radius 3 is 1.36 bits per heavy atom. The minimum absolute atomic E-state index is 0.0461. The van der Waals surface area contributed by atoms with E-state index in [1.807, 2.05) is 76.2 Å². The van der Waals surface area contributed by atoms with Crippen LogP contribution in [0.2, 0.25) is 10.0 Å². The van der Waals surface area contributed by atoms with Crippen LogP contribution >= 0.6 is 23.2 Å². The number of anilines is 8. The molecule has 14 rings (SSSR count). The van der Waals surface area contributed by atoms with E-state index < -0.39 is 23.8 Å². The molecule has 1 saturated heterocycles. The van der Waals surface area contributed by atoms with Crippen molar-refractivity contribution in [2.75, 3.05) is 102 Å². The molecule has 0 atom stereocenters. The Bertz CT molecular complexity index is 6500. The number of carbonyl (C=O) groups is 8. The van der Waals surface area contributed by atoms with Crippen LogP contribution in [0.5, 0.6) is 51.7 Å². The number of urea groups is 7. The summed E-state index contributed by atoms with van der Waals surface area (Å²) in [6, 6.07) is 62.1. The maximum absolute atomic E-state index is 13.7. The van der Waals surface area contributed by atoms with Gasteiger partial charge in [-0.15, -0.1) is 0 Å². The van der Waals surface area contributed by atoms with Gasteiger partial charge in [0.2, 0.25) is 11.6 Å². The maximum atomic E-state index is 13.7. The summed E-state index contributed by atoms with van der Waals surface area (Å²) in [6.45, 7) is 17.2. The molecule has 0 aliphatic carbocycles. The van der Waals surface area contributed by atoms with Crippen molar-refractivity contribution in [3.8, 4) is 51.7 Å². The molecule has 2 aliphatic heterocycles. The van der Waals surface area contributed by atoms with Gasteiger partial charge in [-0.25, -0.2) is 46.7 Å². The molecular weight excluding hydrogens is 1890 g/mol. The number of halogens is 5. The van der Waals surface area contributed by atoms with Gasteiger partial charge < -0.3 is 125 Å². The Hall–Kier alpha value is -17.0. The van der Waals surface area contributed by atoms with Crippen molar-refractivity contribution >= 4 is 129 Å². The molecule has 1 fully saturated rings. The average Bonchev–Trinajstić information content (AvgIpc) is 0.897. The van der Waals surface area contributed by atoms with Crippen LogP contribution in [0.3, 0.4) is 0 Å². The molecule has 752 valence electrons. The van der Waals surface area contributed by atoms with Crippen molar-refractivity contribution in [1.29, 1.82) is 0 Å². The fourth-order valence-electron chi connectivity index (χ4n) is 13.8. The Morgan fingerprint density at radius 1 is 0.448 bits per heavy atom. The van der Waals surface area contributed by atoms with E-state index in [9.17, 15) is 97.6 Å². The fraction of sp³-hybridized carbons (Fsp3) is 0.221. The van der Waals surface area contributed by atoms with Crippen LogP contribution < -0.4 is 78.8 Å². The van der Waals surface area contributed by atoms with Crippen LogP contribution in [0.25, 0.3) is 0 Å². The summed E-state index contributed by atoms with van der Waals surface area (Å²) in [5.74, 6) is -3.96. The molecule has 2 heterocycles. The number of aromatic hydroxyl groups is 8. The zero-order valence-electron chi connectivity index (χ0n) is 79.2. The number of alkyl halides is 2. The second-order valence-corrected chi connectivity index (χ2v) is 33.5. The van der Waals surface area contributed by atoms with Crippen LogP contribution in [0.15, 0.2) is 237 Å². The Balaban J connectivity index is 0.000000192. The minimum Gasteiger partial charge on any atom is -0.619 e. The van der Waals surface area contributed by atoms with E-state index in [0.29, 0.717) is 134 Å². The lowest BCUT2D eigenvalue weighted by atomic mass is 9.98. The summed E-state index contributed by atoms with van der Waals surface area (Å²) in [5.41, 5.74) is 14.0. The number of phenols is 8. The number of para-hydroxylation sites is 1. The van der Waals surface area contributed by atoms with Crippen LogP contribution in [0.4, 0.5) is 97.9 Å².